The van der Waals surface area contributed by atoms with Crippen molar-refractivity contribution in [3.05, 3.63) is 40.6 Å². The fourth-order valence-electron chi connectivity index (χ4n) is 2.23. The third kappa shape index (κ3) is 2.40. The number of hydrogen-bond acceptors (Lipinski definition) is 4. The summed E-state index contributed by atoms with van der Waals surface area (Å²) in [6.45, 7) is 2.79. The Kier molecular flexibility index (Phi) is 3.43. The van der Waals surface area contributed by atoms with Crippen molar-refractivity contribution < 1.29 is 0 Å². The first-order valence-electron chi connectivity index (χ1n) is 6.42. The van der Waals surface area contributed by atoms with Gasteiger partial charge >= 0.3 is 0 Å². The Balaban J connectivity index is 1.88. The van der Waals surface area contributed by atoms with Crippen LogP contribution in [0.2, 0.25) is 0 Å². The molecule has 0 saturated heterocycles. The van der Waals surface area contributed by atoms with Gasteiger partial charge in [-0.3, -0.25) is 4.68 Å². The summed E-state index contributed by atoms with van der Waals surface area (Å²) in [5.41, 5.74) is 3.10. The van der Waals surface area contributed by atoms with Gasteiger partial charge in [0.05, 0.1) is 5.69 Å². The number of imidazole rings is 1. The standard InChI is InChI=1S/C13H15BrN6/c1-3-10-9(7-19(2)18-10)6-16-12-13-15-4-5-20(13)8-11(14)17-12/h4-5,7-8H,3,6H2,1-2H3,(H,16,17). The number of aryl methyl sites for hydroxylation is 2. The van der Waals surface area contributed by atoms with E-state index >= 15 is 0 Å². The van der Waals surface area contributed by atoms with E-state index in [-0.39, 0.29) is 0 Å². The van der Waals surface area contributed by atoms with Crippen LogP contribution in [0.1, 0.15) is 18.2 Å². The molecule has 0 fully saturated rings. The van der Waals surface area contributed by atoms with Crippen molar-refractivity contribution in [1.82, 2.24) is 24.1 Å². The summed E-state index contributed by atoms with van der Waals surface area (Å²) in [5, 5.41) is 7.78. The molecule has 0 atom stereocenters. The van der Waals surface area contributed by atoms with Crippen molar-refractivity contribution in [3.63, 3.8) is 0 Å². The first-order valence-corrected chi connectivity index (χ1v) is 7.21. The van der Waals surface area contributed by atoms with Crippen LogP contribution in [0.25, 0.3) is 5.65 Å². The van der Waals surface area contributed by atoms with Crippen LogP contribution >= 0.6 is 15.9 Å². The van der Waals surface area contributed by atoms with E-state index in [2.05, 4.69) is 43.2 Å². The molecule has 0 aliphatic heterocycles. The molecule has 3 heterocycles. The van der Waals surface area contributed by atoms with E-state index in [0.717, 1.165) is 28.2 Å². The summed E-state index contributed by atoms with van der Waals surface area (Å²) in [6.07, 6.45) is 8.49. The van der Waals surface area contributed by atoms with Crippen molar-refractivity contribution >= 4 is 27.4 Å². The molecular formula is C13H15BrN6. The Bertz CT molecular complexity index is 744. The number of nitrogens with one attached hydrogen (secondary N) is 1. The Morgan fingerprint density at radius 2 is 2.20 bits per heavy atom. The summed E-state index contributed by atoms with van der Waals surface area (Å²) in [6, 6.07) is 0. The zero-order chi connectivity index (χ0) is 14.1. The summed E-state index contributed by atoms with van der Waals surface area (Å²) in [7, 11) is 1.94. The normalized spacial score (nSPS) is 11.2. The number of hydrogen-bond donors (Lipinski definition) is 1. The van der Waals surface area contributed by atoms with Crippen LogP contribution in [-0.4, -0.2) is 24.1 Å². The van der Waals surface area contributed by atoms with E-state index in [4.69, 9.17) is 0 Å². The van der Waals surface area contributed by atoms with Crippen molar-refractivity contribution in [2.45, 2.75) is 19.9 Å². The highest BCUT2D eigenvalue weighted by molar-refractivity contribution is 9.10. The summed E-state index contributed by atoms with van der Waals surface area (Å²) < 4.78 is 4.55. The highest BCUT2D eigenvalue weighted by Crippen LogP contribution is 2.18. The molecule has 0 aliphatic rings. The molecule has 0 aromatic carbocycles. The molecule has 0 saturated carbocycles. The SMILES string of the molecule is CCc1nn(C)cc1CNc1nc(Br)cn2ccnc12. The fraction of sp³-hybridized carbons (Fsp3) is 0.308. The predicted octanol–water partition coefficient (Wildman–Crippen LogP) is 2.40. The molecule has 20 heavy (non-hydrogen) atoms. The minimum atomic E-state index is 0.684. The van der Waals surface area contributed by atoms with E-state index in [1.807, 2.05) is 34.7 Å². The molecule has 0 unspecified atom stereocenters. The maximum absolute atomic E-state index is 4.45. The van der Waals surface area contributed by atoms with Crippen molar-refractivity contribution in [3.8, 4) is 0 Å². The van der Waals surface area contributed by atoms with Gasteiger partial charge in [-0.15, -0.1) is 0 Å². The zero-order valence-electron chi connectivity index (χ0n) is 11.3. The van der Waals surface area contributed by atoms with Gasteiger partial charge in [-0.05, 0) is 22.4 Å². The van der Waals surface area contributed by atoms with Gasteiger partial charge in [0, 0.05) is 43.9 Å². The summed E-state index contributed by atoms with van der Waals surface area (Å²) in [5.74, 6) is 0.760. The van der Waals surface area contributed by atoms with E-state index in [0.29, 0.717) is 6.54 Å². The number of anilines is 1. The molecule has 3 rings (SSSR count). The molecule has 0 radical (unpaired) electrons. The Labute approximate surface area is 125 Å². The minimum absolute atomic E-state index is 0.684. The molecular weight excluding hydrogens is 320 g/mol. The number of nitrogens with zero attached hydrogens (tertiary/aromatic N) is 5. The minimum Gasteiger partial charge on any atom is -0.363 e. The second-order valence-electron chi connectivity index (χ2n) is 4.55. The third-order valence-electron chi connectivity index (χ3n) is 3.12. The molecule has 3 aromatic rings. The molecule has 7 heteroatoms. The van der Waals surface area contributed by atoms with Gasteiger partial charge in [0.2, 0.25) is 0 Å². The smallest absolute Gasteiger partial charge is 0.180 e. The first-order chi connectivity index (χ1) is 9.67. The van der Waals surface area contributed by atoms with Crippen molar-refractivity contribution in [2.24, 2.45) is 7.05 Å². The molecule has 0 amide bonds. The van der Waals surface area contributed by atoms with Crippen LogP contribution in [0, 0.1) is 0 Å². The second-order valence-corrected chi connectivity index (χ2v) is 5.36. The average molecular weight is 335 g/mol. The molecule has 3 aromatic heterocycles. The van der Waals surface area contributed by atoms with Gasteiger partial charge in [-0.25, -0.2) is 9.97 Å². The molecule has 104 valence electrons. The molecule has 6 nitrogen and oxygen atoms in total. The van der Waals surface area contributed by atoms with Crippen LogP contribution < -0.4 is 5.32 Å². The fourth-order valence-corrected chi connectivity index (χ4v) is 2.63. The van der Waals surface area contributed by atoms with E-state index in [9.17, 15) is 0 Å². The lowest BCUT2D eigenvalue weighted by Crippen LogP contribution is -2.05. The van der Waals surface area contributed by atoms with Crippen LogP contribution in [0.3, 0.4) is 0 Å². The predicted molar refractivity (Wildman–Crippen MR) is 80.6 cm³/mol. The van der Waals surface area contributed by atoms with Crippen LogP contribution in [0.5, 0.6) is 0 Å². The highest BCUT2D eigenvalue weighted by Gasteiger charge is 2.09. The van der Waals surface area contributed by atoms with E-state index in [1.165, 1.54) is 5.56 Å². The lowest BCUT2D eigenvalue weighted by molar-refractivity contribution is 0.746. The zero-order valence-corrected chi connectivity index (χ0v) is 12.9. The van der Waals surface area contributed by atoms with Crippen LogP contribution in [0.15, 0.2) is 29.4 Å². The lowest BCUT2D eigenvalue weighted by atomic mass is 10.2. The quantitative estimate of drug-likeness (QED) is 0.795. The maximum atomic E-state index is 4.45. The van der Waals surface area contributed by atoms with Gasteiger partial charge < -0.3 is 9.72 Å². The Morgan fingerprint density at radius 3 is 3.00 bits per heavy atom. The second kappa shape index (κ2) is 5.24. The number of aromatic nitrogens is 5. The number of halogens is 1. The summed E-state index contributed by atoms with van der Waals surface area (Å²) in [4.78, 5) is 8.76. The van der Waals surface area contributed by atoms with Crippen molar-refractivity contribution in [2.75, 3.05) is 5.32 Å². The number of fused-ring (bicyclic) bond motifs is 1. The van der Waals surface area contributed by atoms with Crippen LogP contribution in [-0.2, 0) is 20.0 Å². The largest absolute Gasteiger partial charge is 0.363 e. The molecule has 0 aliphatic carbocycles. The van der Waals surface area contributed by atoms with Gasteiger partial charge in [0.1, 0.15) is 4.60 Å². The molecule has 0 bridgehead atoms. The monoisotopic (exact) mass is 334 g/mol. The van der Waals surface area contributed by atoms with Gasteiger partial charge in [-0.1, -0.05) is 6.92 Å². The topological polar surface area (TPSA) is 60.0 Å². The first kappa shape index (κ1) is 13.1. The Hall–Kier alpha value is -1.89. The maximum Gasteiger partial charge on any atom is 0.180 e. The molecule has 0 spiro atoms. The van der Waals surface area contributed by atoms with Gasteiger partial charge in [0.15, 0.2) is 11.5 Å². The van der Waals surface area contributed by atoms with Crippen LogP contribution in [0.4, 0.5) is 5.82 Å². The summed E-state index contributed by atoms with van der Waals surface area (Å²) >= 11 is 3.41. The third-order valence-corrected chi connectivity index (χ3v) is 3.50. The van der Waals surface area contributed by atoms with Crippen molar-refractivity contribution in [1.29, 1.82) is 0 Å². The Morgan fingerprint density at radius 1 is 1.35 bits per heavy atom. The average Bonchev–Trinajstić information content (AvgIpc) is 3.01. The number of rotatable bonds is 4. The van der Waals surface area contributed by atoms with Gasteiger partial charge in [-0.2, -0.15) is 5.10 Å². The van der Waals surface area contributed by atoms with Gasteiger partial charge in [0.25, 0.3) is 0 Å². The molecule has 1 N–H and O–H groups in total. The lowest BCUT2D eigenvalue weighted by Gasteiger charge is -2.07. The van der Waals surface area contributed by atoms with E-state index < -0.39 is 0 Å². The highest BCUT2D eigenvalue weighted by atomic mass is 79.9. The van der Waals surface area contributed by atoms with E-state index in [1.54, 1.807) is 6.20 Å².